The van der Waals surface area contributed by atoms with Gasteiger partial charge in [-0.05, 0) is 49.1 Å². The summed E-state index contributed by atoms with van der Waals surface area (Å²) < 4.78 is 23.8. The molecule has 1 unspecified atom stereocenters. The van der Waals surface area contributed by atoms with Gasteiger partial charge >= 0.3 is 0 Å². The van der Waals surface area contributed by atoms with Crippen molar-refractivity contribution in [2.45, 2.75) is 25.3 Å². The summed E-state index contributed by atoms with van der Waals surface area (Å²) in [5.41, 5.74) is 1.48. The second-order valence-corrected chi connectivity index (χ2v) is 6.16. The third kappa shape index (κ3) is 3.60. The number of hydrogen-bond donors (Lipinski definition) is 0. The van der Waals surface area contributed by atoms with Crippen LogP contribution < -0.4 is 9.47 Å². The quantitative estimate of drug-likeness (QED) is 0.831. The molecule has 132 valence electrons. The van der Waals surface area contributed by atoms with Gasteiger partial charge in [0.1, 0.15) is 22.9 Å². The number of rotatable bonds is 5. The van der Waals surface area contributed by atoms with Crippen molar-refractivity contribution in [1.29, 1.82) is 0 Å². The van der Waals surface area contributed by atoms with Crippen LogP contribution in [0.4, 0.5) is 4.39 Å². The van der Waals surface area contributed by atoms with E-state index in [1.807, 2.05) is 4.90 Å². The minimum atomic E-state index is -0.248. The van der Waals surface area contributed by atoms with Crippen molar-refractivity contribution in [2.75, 3.05) is 20.8 Å². The van der Waals surface area contributed by atoms with Crippen molar-refractivity contribution in [3.05, 3.63) is 59.4 Å². The normalized spacial score (nSPS) is 16.8. The zero-order chi connectivity index (χ0) is 17.8. The molecule has 1 aliphatic rings. The Morgan fingerprint density at radius 3 is 2.36 bits per heavy atom. The number of benzene rings is 2. The topological polar surface area (TPSA) is 38.8 Å². The van der Waals surface area contributed by atoms with Gasteiger partial charge in [0.2, 0.25) is 0 Å². The highest BCUT2D eigenvalue weighted by Crippen LogP contribution is 2.32. The molecule has 2 aromatic rings. The van der Waals surface area contributed by atoms with E-state index in [-0.39, 0.29) is 17.8 Å². The van der Waals surface area contributed by atoms with E-state index in [9.17, 15) is 9.18 Å². The van der Waals surface area contributed by atoms with Gasteiger partial charge in [0.25, 0.3) is 5.91 Å². The van der Waals surface area contributed by atoms with Crippen molar-refractivity contribution < 1.29 is 18.7 Å². The molecule has 3 rings (SSSR count). The van der Waals surface area contributed by atoms with Crippen molar-refractivity contribution >= 4 is 5.91 Å². The molecule has 1 saturated heterocycles. The fourth-order valence-corrected chi connectivity index (χ4v) is 3.41. The summed E-state index contributed by atoms with van der Waals surface area (Å²) >= 11 is 0. The summed E-state index contributed by atoms with van der Waals surface area (Å²) in [5.74, 6) is 0.689. The maximum absolute atomic E-state index is 13.2. The zero-order valence-electron chi connectivity index (χ0n) is 14.5. The van der Waals surface area contributed by atoms with Gasteiger partial charge in [-0.25, -0.2) is 4.39 Å². The molecule has 4 nitrogen and oxygen atoms in total. The molecular formula is C20H22FNO3. The van der Waals surface area contributed by atoms with Crippen LogP contribution in [0.15, 0.2) is 42.5 Å². The molecule has 0 radical (unpaired) electrons. The average molecular weight is 343 g/mol. The Labute approximate surface area is 147 Å². The minimum Gasteiger partial charge on any atom is -0.496 e. The predicted octanol–water partition coefficient (Wildman–Crippen LogP) is 3.69. The Balaban J connectivity index is 1.85. The molecule has 25 heavy (non-hydrogen) atoms. The van der Waals surface area contributed by atoms with Crippen LogP contribution in [0.1, 0.15) is 28.8 Å². The molecule has 5 heteroatoms. The van der Waals surface area contributed by atoms with E-state index in [1.54, 1.807) is 44.6 Å². The van der Waals surface area contributed by atoms with Gasteiger partial charge in [-0.2, -0.15) is 0 Å². The van der Waals surface area contributed by atoms with Crippen LogP contribution >= 0.6 is 0 Å². The van der Waals surface area contributed by atoms with Crippen LogP contribution in [0.2, 0.25) is 0 Å². The van der Waals surface area contributed by atoms with Crippen LogP contribution in [-0.4, -0.2) is 37.6 Å². The Morgan fingerprint density at radius 2 is 1.76 bits per heavy atom. The van der Waals surface area contributed by atoms with Gasteiger partial charge in [0.15, 0.2) is 0 Å². The Kier molecular flexibility index (Phi) is 5.22. The lowest BCUT2D eigenvalue weighted by atomic mass is 10.0. The van der Waals surface area contributed by atoms with E-state index >= 15 is 0 Å². The molecule has 0 N–H and O–H groups in total. The first-order chi connectivity index (χ1) is 12.1. The lowest BCUT2D eigenvalue weighted by Crippen LogP contribution is -2.37. The van der Waals surface area contributed by atoms with E-state index in [0.717, 1.165) is 18.4 Å². The number of amides is 1. The van der Waals surface area contributed by atoms with Crippen LogP contribution in [0.3, 0.4) is 0 Å². The van der Waals surface area contributed by atoms with Crippen molar-refractivity contribution in [3.63, 3.8) is 0 Å². The molecule has 0 aliphatic carbocycles. The van der Waals surface area contributed by atoms with E-state index in [2.05, 4.69) is 0 Å². The number of hydrogen-bond acceptors (Lipinski definition) is 3. The van der Waals surface area contributed by atoms with Gasteiger partial charge in [-0.3, -0.25) is 4.79 Å². The van der Waals surface area contributed by atoms with Gasteiger partial charge in [0, 0.05) is 12.6 Å². The van der Waals surface area contributed by atoms with E-state index in [4.69, 9.17) is 9.47 Å². The molecule has 0 bridgehead atoms. The second kappa shape index (κ2) is 7.55. The van der Waals surface area contributed by atoms with Crippen molar-refractivity contribution in [2.24, 2.45) is 0 Å². The number of methoxy groups -OCH3 is 2. The lowest BCUT2D eigenvalue weighted by molar-refractivity contribution is 0.0729. The van der Waals surface area contributed by atoms with Crippen LogP contribution in [0, 0.1) is 5.82 Å². The zero-order valence-corrected chi connectivity index (χ0v) is 14.5. The number of carbonyl (C=O) groups is 1. The highest BCUT2D eigenvalue weighted by Gasteiger charge is 2.32. The molecule has 1 aliphatic heterocycles. The largest absolute Gasteiger partial charge is 0.496 e. The Bertz CT molecular complexity index is 723. The second-order valence-electron chi connectivity index (χ2n) is 6.16. The summed E-state index contributed by atoms with van der Waals surface area (Å²) in [6, 6.07) is 11.9. The van der Waals surface area contributed by atoms with Crippen molar-refractivity contribution in [3.8, 4) is 11.5 Å². The van der Waals surface area contributed by atoms with E-state index in [0.29, 0.717) is 30.0 Å². The molecular weight excluding hydrogens is 321 g/mol. The van der Waals surface area contributed by atoms with E-state index in [1.165, 1.54) is 12.1 Å². The Hall–Kier alpha value is -2.56. The maximum Gasteiger partial charge on any atom is 0.261 e. The molecule has 0 saturated carbocycles. The smallest absolute Gasteiger partial charge is 0.261 e. The van der Waals surface area contributed by atoms with Crippen LogP contribution in [0.5, 0.6) is 11.5 Å². The monoisotopic (exact) mass is 343 g/mol. The standard InChI is InChI=1S/C20H22FNO3/c1-24-17-6-3-7-18(25-2)19(17)20(23)22-12-4-5-16(22)13-14-8-10-15(21)11-9-14/h3,6-11,16H,4-5,12-13H2,1-2H3. The molecule has 1 heterocycles. The molecule has 1 atom stereocenters. The number of ether oxygens (including phenoxy) is 2. The summed E-state index contributed by atoms with van der Waals surface area (Å²) in [6.45, 7) is 0.700. The number of likely N-dealkylation sites (tertiary alicyclic amines) is 1. The third-order valence-corrected chi connectivity index (χ3v) is 4.66. The average Bonchev–Trinajstić information content (AvgIpc) is 3.10. The summed E-state index contributed by atoms with van der Waals surface area (Å²) in [4.78, 5) is 15.0. The fourth-order valence-electron chi connectivity index (χ4n) is 3.41. The number of nitrogens with zero attached hydrogens (tertiary/aromatic N) is 1. The highest BCUT2D eigenvalue weighted by molar-refractivity contribution is 6.00. The van der Waals surface area contributed by atoms with Gasteiger partial charge in [0.05, 0.1) is 14.2 Å². The van der Waals surface area contributed by atoms with Crippen LogP contribution in [0.25, 0.3) is 0 Å². The van der Waals surface area contributed by atoms with Crippen LogP contribution in [-0.2, 0) is 6.42 Å². The van der Waals surface area contributed by atoms with Gasteiger partial charge in [-0.1, -0.05) is 18.2 Å². The molecule has 1 fully saturated rings. The molecule has 2 aromatic carbocycles. The third-order valence-electron chi connectivity index (χ3n) is 4.66. The fraction of sp³-hybridized carbons (Fsp3) is 0.350. The molecule has 0 spiro atoms. The summed E-state index contributed by atoms with van der Waals surface area (Å²) in [7, 11) is 3.09. The minimum absolute atomic E-state index is 0.0843. The first-order valence-electron chi connectivity index (χ1n) is 8.40. The van der Waals surface area contributed by atoms with Gasteiger partial charge < -0.3 is 14.4 Å². The molecule has 1 amide bonds. The maximum atomic E-state index is 13.2. The number of carbonyl (C=O) groups excluding carboxylic acids is 1. The SMILES string of the molecule is COc1cccc(OC)c1C(=O)N1CCCC1Cc1ccc(F)cc1. The first-order valence-corrected chi connectivity index (χ1v) is 8.40. The summed E-state index contributed by atoms with van der Waals surface area (Å²) in [5, 5.41) is 0. The predicted molar refractivity (Wildman–Crippen MR) is 93.7 cm³/mol. The molecule has 0 aromatic heterocycles. The number of halogens is 1. The first kappa shape index (κ1) is 17.3. The van der Waals surface area contributed by atoms with Gasteiger partial charge in [-0.15, -0.1) is 0 Å². The Morgan fingerprint density at radius 1 is 1.12 bits per heavy atom. The lowest BCUT2D eigenvalue weighted by Gasteiger charge is -2.26. The summed E-state index contributed by atoms with van der Waals surface area (Å²) in [6.07, 6.45) is 2.60. The highest BCUT2D eigenvalue weighted by atomic mass is 19.1. The van der Waals surface area contributed by atoms with E-state index < -0.39 is 0 Å². The van der Waals surface area contributed by atoms with Crippen molar-refractivity contribution in [1.82, 2.24) is 4.90 Å².